The molecule has 1 saturated carbocycles. The number of hydrogen-bond acceptors (Lipinski definition) is 4. The number of para-hydroxylation sites is 1. The third-order valence-corrected chi connectivity index (χ3v) is 3.40. The van der Waals surface area contributed by atoms with Crippen molar-refractivity contribution < 1.29 is 13.9 Å². The normalized spacial score (nSPS) is 15.0. The number of alkyl halides is 2. The molecular formula is C14H15F2N3O. The topological polar surface area (TPSA) is 49.2 Å². The molecule has 1 aromatic heterocycles. The highest BCUT2D eigenvalue weighted by atomic mass is 19.3. The maximum absolute atomic E-state index is 12.9. The second-order valence-corrected chi connectivity index (χ2v) is 4.87. The molecule has 3 rings (SSSR count). The van der Waals surface area contributed by atoms with Crippen molar-refractivity contribution in [3.63, 3.8) is 0 Å². The smallest absolute Gasteiger partial charge is 0.297 e. The lowest BCUT2D eigenvalue weighted by Crippen LogP contribution is -2.30. The molecule has 4 nitrogen and oxygen atoms in total. The average molecular weight is 279 g/mol. The number of aliphatic hydroxyl groups excluding tert-OH is 1. The van der Waals surface area contributed by atoms with Crippen LogP contribution >= 0.6 is 0 Å². The Morgan fingerprint density at radius 1 is 1.25 bits per heavy atom. The van der Waals surface area contributed by atoms with Crippen molar-refractivity contribution >= 4 is 16.7 Å². The zero-order chi connectivity index (χ0) is 14.1. The van der Waals surface area contributed by atoms with Crippen LogP contribution in [0, 0.1) is 0 Å². The third-order valence-electron chi connectivity index (χ3n) is 3.40. The van der Waals surface area contributed by atoms with Crippen LogP contribution in [0.5, 0.6) is 0 Å². The lowest BCUT2D eigenvalue weighted by atomic mass is 10.2. The van der Waals surface area contributed by atoms with Crippen molar-refractivity contribution in [1.29, 1.82) is 0 Å². The molecule has 1 fully saturated rings. The molecule has 0 amide bonds. The van der Waals surface area contributed by atoms with Gasteiger partial charge in [-0.1, -0.05) is 12.1 Å². The highest BCUT2D eigenvalue weighted by Crippen LogP contribution is 2.34. The number of anilines is 1. The molecule has 2 aromatic rings. The van der Waals surface area contributed by atoms with Crippen LogP contribution in [0.2, 0.25) is 0 Å². The fourth-order valence-corrected chi connectivity index (χ4v) is 2.35. The number of aliphatic hydroxyl groups is 1. The van der Waals surface area contributed by atoms with E-state index in [-0.39, 0.29) is 12.6 Å². The minimum atomic E-state index is -2.70. The van der Waals surface area contributed by atoms with Crippen molar-refractivity contribution in [3.8, 4) is 0 Å². The van der Waals surface area contributed by atoms with Crippen molar-refractivity contribution in [2.24, 2.45) is 0 Å². The minimum Gasteiger partial charge on any atom is -0.395 e. The van der Waals surface area contributed by atoms with Gasteiger partial charge in [0, 0.05) is 18.0 Å². The Kier molecular flexibility index (Phi) is 3.48. The van der Waals surface area contributed by atoms with Gasteiger partial charge in [-0.15, -0.1) is 0 Å². The Hall–Kier alpha value is -1.82. The lowest BCUT2D eigenvalue weighted by molar-refractivity contribution is 0.141. The van der Waals surface area contributed by atoms with Crippen molar-refractivity contribution in [2.75, 3.05) is 18.1 Å². The summed E-state index contributed by atoms with van der Waals surface area (Å²) in [6.07, 6.45) is -0.696. The summed E-state index contributed by atoms with van der Waals surface area (Å²) in [6, 6.07) is 7.41. The van der Waals surface area contributed by atoms with Crippen LogP contribution in [0.4, 0.5) is 14.6 Å². The van der Waals surface area contributed by atoms with E-state index in [2.05, 4.69) is 9.97 Å². The molecule has 0 atom stereocenters. The highest BCUT2D eigenvalue weighted by Gasteiger charge is 2.31. The summed E-state index contributed by atoms with van der Waals surface area (Å²) in [4.78, 5) is 9.85. The molecule has 0 saturated heterocycles. The van der Waals surface area contributed by atoms with Crippen LogP contribution in [0.15, 0.2) is 24.3 Å². The summed E-state index contributed by atoms with van der Waals surface area (Å²) >= 11 is 0. The number of benzene rings is 1. The van der Waals surface area contributed by atoms with Gasteiger partial charge in [0.15, 0.2) is 5.82 Å². The van der Waals surface area contributed by atoms with Gasteiger partial charge in [0.2, 0.25) is 0 Å². The van der Waals surface area contributed by atoms with Crippen LogP contribution in [-0.4, -0.2) is 34.3 Å². The summed E-state index contributed by atoms with van der Waals surface area (Å²) in [5.74, 6) is 0.0461. The summed E-state index contributed by atoms with van der Waals surface area (Å²) in [7, 11) is 0. The summed E-state index contributed by atoms with van der Waals surface area (Å²) in [5, 5.41) is 9.94. The molecule has 0 bridgehead atoms. The molecule has 1 N–H and O–H groups in total. The zero-order valence-electron chi connectivity index (χ0n) is 10.8. The van der Waals surface area contributed by atoms with E-state index in [0.717, 1.165) is 18.2 Å². The molecule has 1 heterocycles. The van der Waals surface area contributed by atoms with E-state index in [1.807, 2.05) is 17.0 Å². The standard InChI is InChI=1S/C14H15F2N3O/c15-12(16)13-17-11-4-2-1-3-10(11)14(18-13)19(7-8-20)9-5-6-9/h1-4,9,12,20H,5-8H2. The second-order valence-electron chi connectivity index (χ2n) is 4.87. The first-order chi connectivity index (χ1) is 9.70. The lowest BCUT2D eigenvalue weighted by Gasteiger charge is -2.24. The van der Waals surface area contributed by atoms with E-state index in [1.165, 1.54) is 0 Å². The molecular weight excluding hydrogens is 264 g/mol. The van der Waals surface area contributed by atoms with Gasteiger partial charge in [0.25, 0.3) is 6.43 Å². The largest absolute Gasteiger partial charge is 0.395 e. The molecule has 6 heteroatoms. The molecule has 0 spiro atoms. The summed E-state index contributed by atoms with van der Waals surface area (Å²) in [5.41, 5.74) is 0.511. The molecule has 0 radical (unpaired) electrons. The van der Waals surface area contributed by atoms with E-state index in [4.69, 9.17) is 0 Å². The summed E-state index contributed by atoms with van der Waals surface area (Å²) in [6.45, 7) is 0.368. The molecule has 106 valence electrons. The van der Waals surface area contributed by atoms with Crippen molar-refractivity contribution in [2.45, 2.75) is 25.3 Å². The first-order valence-corrected chi connectivity index (χ1v) is 6.63. The molecule has 1 aliphatic rings. The predicted molar refractivity (Wildman–Crippen MR) is 71.9 cm³/mol. The maximum Gasteiger partial charge on any atom is 0.297 e. The van der Waals surface area contributed by atoms with Gasteiger partial charge >= 0.3 is 0 Å². The van der Waals surface area contributed by atoms with Crippen molar-refractivity contribution in [3.05, 3.63) is 30.1 Å². The van der Waals surface area contributed by atoms with Crippen molar-refractivity contribution in [1.82, 2.24) is 9.97 Å². The first kappa shape index (κ1) is 13.2. The Morgan fingerprint density at radius 3 is 2.65 bits per heavy atom. The third kappa shape index (κ3) is 2.43. The molecule has 20 heavy (non-hydrogen) atoms. The number of hydrogen-bond donors (Lipinski definition) is 1. The van der Waals surface area contributed by atoms with Crippen LogP contribution in [-0.2, 0) is 0 Å². The van der Waals surface area contributed by atoms with Gasteiger partial charge in [0.1, 0.15) is 5.82 Å². The van der Waals surface area contributed by atoms with Gasteiger partial charge < -0.3 is 10.0 Å². The number of fused-ring (bicyclic) bond motifs is 1. The van der Waals surface area contributed by atoms with E-state index in [9.17, 15) is 13.9 Å². The van der Waals surface area contributed by atoms with Gasteiger partial charge in [-0.05, 0) is 25.0 Å². The van der Waals surface area contributed by atoms with Gasteiger partial charge in [-0.3, -0.25) is 0 Å². The fourth-order valence-electron chi connectivity index (χ4n) is 2.35. The fraction of sp³-hybridized carbons (Fsp3) is 0.429. The molecule has 1 aliphatic carbocycles. The number of halogens is 2. The first-order valence-electron chi connectivity index (χ1n) is 6.63. The van der Waals surface area contributed by atoms with Crippen LogP contribution in [0.3, 0.4) is 0 Å². The zero-order valence-corrected chi connectivity index (χ0v) is 10.8. The second kappa shape index (κ2) is 5.28. The molecule has 1 aromatic carbocycles. The Labute approximate surface area is 115 Å². The van der Waals surface area contributed by atoms with Crippen LogP contribution in [0.1, 0.15) is 25.1 Å². The Balaban J connectivity index is 2.15. The number of nitrogens with zero attached hydrogens (tertiary/aromatic N) is 3. The van der Waals surface area contributed by atoms with E-state index < -0.39 is 12.2 Å². The van der Waals surface area contributed by atoms with Crippen LogP contribution in [0.25, 0.3) is 10.9 Å². The van der Waals surface area contributed by atoms with Gasteiger partial charge in [-0.2, -0.15) is 0 Å². The minimum absolute atomic E-state index is 0.0289. The molecule has 0 aliphatic heterocycles. The number of aromatic nitrogens is 2. The number of rotatable bonds is 5. The average Bonchev–Trinajstić information content (AvgIpc) is 3.28. The maximum atomic E-state index is 12.9. The Bertz CT molecular complexity index is 616. The molecule has 0 unspecified atom stereocenters. The van der Waals surface area contributed by atoms with Gasteiger partial charge in [0.05, 0.1) is 12.1 Å². The highest BCUT2D eigenvalue weighted by molar-refractivity contribution is 5.89. The van der Waals surface area contributed by atoms with Gasteiger partial charge in [-0.25, -0.2) is 18.7 Å². The predicted octanol–water partition coefficient (Wildman–Crippen LogP) is 2.53. The van der Waals surface area contributed by atoms with E-state index in [1.54, 1.807) is 12.1 Å². The van der Waals surface area contributed by atoms with Crippen LogP contribution < -0.4 is 4.90 Å². The van der Waals surface area contributed by atoms with E-state index >= 15 is 0 Å². The van der Waals surface area contributed by atoms with E-state index in [0.29, 0.717) is 17.9 Å². The SMILES string of the molecule is OCCN(c1nc(C(F)F)nc2ccccc12)C1CC1. The summed E-state index contributed by atoms with van der Waals surface area (Å²) < 4.78 is 25.9. The Morgan fingerprint density at radius 2 is 2.00 bits per heavy atom. The quantitative estimate of drug-likeness (QED) is 0.913. The monoisotopic (exact) mass is 279 g/mol.